The molecule has 2 fully saturated rings. The Labute approximate surface area is 229 Å². The number of amides is 1. The van der Waals surface area contributed by atoms with Gasteiger partial charge in [0.25, 0.3) is 0 Å². The van der Waals surface area contributed by atoms with Crippen LogP contribution in [-0.2, 0) is 17.7 Å². The molecular weight excluding hydrogens is 497 g/mol. The maximum atomic E-state index is 16.6. The van der Waals surface area contributed by atoms with Crippen LogP contribution in [0.15, 0.2) is 24.3 Å². The lowest BCUT2D eigenvalue weighted by molar-refractivity contribution is 0.0194. The highest BCUT2D eigenvalue weighted by Crippen LogP contribution is 2.43. The first-order valence-corrected chi connectivity index (χ1v) is 14.0. The molecule has 1 amide bonds. The number of carboxylic acids is 1. The van der Waals surface area contributed by atoms with Gasteiger partial charge in [-0.2, -0.15) is 0 Å². The quantitative estimate of drug-likeness (QED) is 0.370. The topological polar surface area (TPSA) is 84.7 Å². The van der Waals surface area contributed by atoms with Crippen molar-refractivity contribution in [3.05, 3.63) is 52.7 Å². The third-order valence-corrected chi connectivity index (χ3v) is 7.71. The zero-order valence-electron chi connectivity index (χ0n) is 23.5. The number of rotatable bonds is 6. The molecule has 2 aromatic heterocycles. The Morgan fingerprint density at radius 1 is 1.15 bits per heavy atom. The second-order valence-corrected chi connectivity index (χ2v) is 12.0. The van der Waals surface area contributed by atoms with Gasteiger partial charge in [-0.1, -0.05) is 13.0 Å². The molecule has 0 spiro atoms. The van der Waals surface area contributed by atoms with Crippen LogP contribution in [0.25, 0.3) is 22.0 Å². The molecule has 1 aromatic carbocycles. The minimum atomic E-state index is -1.10. The second kappa shape index (κ2) is 10.3. The Morgan fingerprint density at radius 2 is 1.90 bits per heavy atom. The number of carbonyl (C=O) groups is 2. The van der Waals surface area contributed by atoms with Gasteiger partial charge < -0.3 is 19.3 Å². The molecule has 7 nitrogen and oxygen atoms in total. The van der Waals surface area contributed by atoms with Crippen molar-refractivity contribution >= 4 is 23.0 Å². The number of benzene rings is 1. The second-order valence-electron chi connectivity index (χ2n) is 12.0. The van der Waals surface area contributed by atoms with Crippen molar-refractivity contribution in [2.45, 2.75) is 84.8 Å². The Bertz CT molecular complexity index is 1430. The van der Waals surface area contributed by atoms with Crippen LogP contribution in [0.5, 0.6) is 0 Å². The van der Waals surface area contributed by atoms with Crippen molar-refractivity contribution in [3.8, 4) is 11.1 Å². The molecule has 3 aromatic rings. The normalized spacial score (nSPS) is 18.0. The van der Waals surface area contributed by atoms with Gasteiger partial charge in [-0.05, 0) is 83.9 Å². The summed E-state index contributed by atoms with van der Waals surface area (Å²) in [5.74, 6) is -1.25. The van der Waals surface area contributed by atoms with Gasteiger partial charge in [0.15, 0.2) is 5.82 Å². The van der Waals surface area contributed by atoms with E-state index in [4.69, 9.17) is 9.72 Å². The predicted octanol–water partition coefficient (Wildman–Crippen LogP) is 6.94. The molecule has 39 heavy (non-hydrogen) atoms. The van der Waals surface area contributed by atoms with Crippen LogP contribution >= 0.6 is 0 Å². The van der Waals surface area contributed by atoms with Crippen molar-refractivity contribution in [1.82, 2.24) is 14.5 Å². The lowest BCUT2D eigenvalue weighted by atomic mass is 9.94. The molecule has 1 aliphatic heterocycles. The number of likely N-dealkylation sites (tertiary alicyclic amines) is 1. The first kappa shape index (κ1) is 27.2. The molecule has 1 saturated heterocycles. The zero-order chi connectivity index (χ0) is 28.1. The number of halogens is 1. The van der Waals surface area contributed by atoms with Gasteiger partial charge in [0, 0.05) is 53.5 Å². The van der Waals surface area contributed by atoms with Crippen LogP contribution < -0.4 is 0 Å². The Balaban J connectivity index is 1.70. The van der Waals surface area contributed by atoms with Gasteiger partial charge in [0.05, 0.1) is 16.8 Å². The predicted molar refractivity (Wildman–Crippen MR) is 149 cm³/mol. The van der Waals surface area contributed by atoms with Crippen LogP contribution in [0.2, 0.25) is 0 Å². The molecule has 1 saturated carbocycles. The van der Waals surface area contributed by atoms with Crippen molar-refractivity contribution in [1.29, 1.82) is 0 Å². The number of hydrogen-bond donors (Lipinski definition) is 1. The molecule has 0 radical (unpaired) electrons. The van der Waals surface area contributed by atoms with Gasteiger partial charge >= 0.3 is 12.1 Å². The molecule has 1 atom stereocenters. The van der Waals surface area contributed by atoms with Gasteiger partial charge in [0.2, 0.25) is 0 Å². The smallest absolute Gasteiger partial charge is 0.410 e. The molecular formula is C31H38FN3O4. The summed E-state index contributed by atoms with van der Waals surface area (Å²) in [7, 11) is 0. The van der Waals surface area contributed by atoms with E-state index in [2.05, 4.69) is 4.57 Å². The van der Waals surface area contributed by atoms with Crippen molar-refractivity contribution in [2.24, 2.45) is 5.92 Å². The minimum absolute atomic E-state index is 0.0492. The maximum Gasteiger partial charge on any atom is 0.410 e. The van der Waals surface area contributed by atoms with Gasteiger partial charge in [-0.25, -0.2) is 14.0 Å². The highest BCUT2D eigenvalue weighted by molar-refractivity contribution is 6.02. The first-order chi connectivity index (χ1) is 18.5. The molecule has 2 aliphatic rings. The highest BCUT2D eigenvalue weighted by atomic mass is 19.1. The first-order valence-electron chi connectivity index (χ1n) is 14.0. The SMILES string of the molecule is CCc1nc(C)ccc1-c1cc(C(=O)O)cc2c(F)c(C3CCCN(C(=O)OC(C)(C)C)C3)n(CC3CC3)c12. The van der Waals surface area contributed by atoms with Crippen LogP contribution in [0.3, 0.4) is 0 Å². The Kier molecular flexibility index (Phi) is 7.16. The third-order valence-electron chi connectivity index (χ3n) is 7.71. The fourth-order valence-electron chi connectivity index (χ4n) is 5.76. The maximum absolute atomic E-state index is 16.6. The van der Waals surface area contributed by atoms with Gasteiger partial charge in [-0.15, -0.1) is 0 Å². The number of ether oxygens (including phenoxy) is 1. The number of piperidine rings is 1. The summed E-state index contributed by atoms with van der Waals surface area (Å²) in [5, 5.41) is 10.3. The number of nitrogens with zero attached hydrogens (tertiary/aromatic N) is 3. The lowest BCUT2D eigenvalue weighted by Crippen LogP contribution is -2.42. The largest absolute Gasteiger partial charge is 0.478 e. The van der Waals surface area contributed by atoms with E-state index in [-0.39, 0.29) is 23.4 Å². The monoisotopic (exact) mass is 535 g/mol. The van der Waals surface area contributed by atoms with E-state index in [0.717, 1.165) is 42.6 Å². The van der Waals surface area contributed by atoms with E-state index in [0.29, 0.717) is 54.1 Å². The van der Waals surface area contributed by atoms with Crippen molar-refractivity contribution < 1.29 is 23.8 Å². The zero-order valence-corrected chi connectivity index (χ0v) is 23.5. The summed E-state index contributed by atoms with van der Waals surface area (Å²) in [6.07, 6.45) is 3.94. The van der Waals surface area contributed by atoms with E-state index in [9.17, 15) is 14.7 Å². The summed E-state index contributed by atoms with van der Waals surface area (Å²) < 4.78 is 24.3. The highest BCUT2D eigenvalue weighted by Gasteiger charge is 2.35. The summed E-state index contributed by atoms with van der Waals surface area (Å²) in [4.78, 5) is 31.5. The van der Waals surface area contributed by atoms with Crippen LogP contribution in [0, 0.1) is 18.7 Å². The fourth-order valence-corrected chi connectivity index (χ4v) is 5.76. The molecule has 5 rings (SSSR count). The number of fused-ring (bicyclic) bond motifs is 1. The van der Waals surface area contributed by atoms with Crippen LogP contribution in [-0.4, -0.2) is 50.3 Å². The number of carboxylic acid groups (broad SMARTS) is 1. The Morgan fingerprint density at radius 3 is 2.54 bits per heavy atom. The number of aromatic nitrogens is 2. The molecule has 8 heteroatoms. The lowest BCUT2D eigenvalue weighted by Gasteiger charge is -2.34. The van der Waals surface area contributed by atoms with Gasteiger partial charge in [-0.3, -0.25) is 4.98 Å². The van der Waals surface area contributed by atoms with E-state index in [1.807, 2.05) is 46.8 Å². The third kappa shape index (κ3) is 5.52. The number of pyridine rings is 1. The minimum Gasteiger partial charge on any atom is -0.478 e. The average Bonchev–Trinajstić information content (AvgIpc) is 3.66. The summed E-state index contributed by atoms with van der Waals surface area (Å²) in [5.41, 5.74) is 3.97. The summed E-state index contributed by atoms with van der Waals surface area (Å²) in [6, 6.07) is 7.01. The van der Waals surface area contributed by atoms with Crippen LogP contribution in [0.4, 0.5) is 9.18 Å². The van der Waals surface area contributed by atoms with Gasteiger partial charge in [0.1, 0.15) is 5.60 Å². The van der Waals surface area contributed by atoms with E-state index < -0.39 is 11.6 Å². The summed E-state index contributed by atoms with van der Waals surface area (Å²) in [6.45, 7) is 11.1. The number of aryl methyl sites for hydroxylation is 2. The Hall–Kier alpha value is -3.42. The average molecular weight is 536 g/mol. The van der Waals surface area contributed by atoms with E-state index >= 15 is 4.39 Å². The number of carbonyl (C=O) groups excluding carboxylic acids is 1. The molecule has 3 heterocycles. The molecule has 0 bridgehead atoms. The standard InChI is InChI=1S/C31H38FN3O4/c1-6-25-22(12-9-18(2)33-25)23-14-21(29(36)37)15-24-26(32)27(35(28(23)24)16-19-10-11-19)20-8-7-13-34(17-20)30(38)39-31(3,4)5/h9,12,14-15,19-20H,6-8,10-11,13,16-17H2,1-5H3,(H,36,37). The number of aromatic carboxylic acids is 1. The van der Waals surface area contributed by atoms with Crippen molar-refractivity contribution in [3.63, 3.8) is 0 Å². The van der Waals surface area contributed by atoms with E-state index in [1.54, 1.807) is 11.0 Å². The fraction of sp³-hybridized carbons (Fsp3) is 0.516. The molecule has 1 N–H and O–H groups in total. The molecule has 1 aliphatic carbocycles. The molecule has 1 unspecified atom stereocenters. The van der Waals surface area contributed by atoms with Crippen LogP contribution in [0.1, 0.15) is 86.7 Å². The summed E-state index contributed by atoms with van der Waals surface area (Å²) >= 11 is 0. The van der Waals surface area contributed by atoms with Crippen molar-refractivity contribution in [2.75, 3.05) is 13.1 Å². The van der Waals surface area contributed by atoms with E-state index in [1.165, 1.54) is 6.07 Å². The number of hydrogen-bond acceptors (Lipinski definition) is 4. The molecule has 208 valence electrons.